The van der Waals surface area contributed by atoms with Gasteiger partial charge in [-0.05, 0) is 83.1 Å². The van der Waals surface area contributed by atoms with Crippen molar-refractivity contribution in [1.29, 1.82) is 0 Å². The number of rotatable bonds is 31. The number of aliphatic hydroxyl groups excluding tert-OH is 4. The zero-order valence-corrected chi connectivity index (χ0v) is 41.7. The molecule has 0 aliphatic heterocycles. The fourth-order valence-electron chi connectivity index (χ4n) is 4.12. The quantitative estimate of drug-likeness (QED) is 0.0116. The number of carboxylic acid groups (broad SMARTS) is 3. The fraction of sp³-hybridized carbons (Fsp3) is 0.520. The summed E-state index contributed by atoms with van der Waals surface area (Å²) in [6.07, 6.45) is 48.4. The molecule has 0 fully saturated rings. The summed E-state index contributed by atoms with van der Waals surface area (Å²) in [5.41, 5.74) is 10.1. The minimum absolute atomic E-state index is 0. The monoisotopic (exact) mass is 935 g/mol. The minimum atomic E-state index is -1.08. The van der Waals surface area contributed by atoms with Crippen LogP contribution in [0.1, 0.15) is 124 Å². The van der Waals surface area contributed by atoms with E-state index in [9.17, 15) is 39.9 Å². The Kier molecular flexibility index (Phi) is 58.9. The molecular weight excluding hydrogens is 854 g/mol. The normalized spacial score (nSPS) is 14.8. The molecule has 13 heteroatoms. The van der Waals surface area contributed by atoms with Gasteiger partial charge in [0.05, 0.1) is 31.0 Å². The number of unbranched alkanes of at least 4 members (excludes halogenated alkanes) is 2. The van der Waals surface area contributed by atoms with Crippen molar-refractivity contribution in [2.75, 3.05) is 6.54 Å². The molecule has 0 spiro atoms. The van der Waals surface area contributed by atoms with Crippen LogP contribution in [0.15, 0.2) is 122 Å². The van der Waals surface area contributed by atoms with Gasteiger partial charge in [-0.2, -0.15) is 0 Å². The summed E-state index contributed by atoms with van der Waals surface area (Å²) in [5.74, 6) is -3.40. The van der Waals surface area contributed by atoms with E-state index in [1.165, 1.54) is 6.92 Å². The summed E-state index contributed by atoms with van der Waals surface area (Å²) >= 11 is 0. The zero-order valence-electron chi connectivity index (χ0n) is 38.8. The van der Waals surface area contributed by atoms with E-state index in [4.69, 9.17) is 15.9 Å². The van der Waals surface area contributed by atoms with Crippen LogP contribution in [0.4, 0.5) is 0 Å². The van der Waals surface area contributed by atoms with Crippen LogP contribution in [0.2, 0.25) is 0 Å². The first-order valence-electron chi connectivity index (χ1n) is 21.9. The van der Waals surface area contributed by atoms with Gasteiger partial charge < -0.3 is 58.9 Å². The Morgan fingerprint density at radius 3 is 1.21 bits per heavy atom. The molecule has 0 radical (unpaired) electrons. The van der Waals surface area contributed by atoms with Crippen LogP contribution in [0.3, 0.4) is 0 Å². The maximum absolute atomic E-state index is 10.2. The SMILES string of the molecule is CCCC[C@H](O)/C=C/C=C\C/C=C\C/C=C\C=C\[C@H](O)CC.CC[C@@H](O)/C=C/C=C\C/C=C\C/C=C\C=C\[C@@H](O)CCCC(=O)[O-].C[C@H]([NH-])C(=O)O.[CH2-][C@@H](CCCC[NH3+])C(=O)O.[Zn+2]. The molecule has 0 aromatic heterocycles. The Balaban J connectivity index is -0.000000263. The summed E-state index contributed by atoms with van der Waals surface area (Å²) in [4.78, 5) is 30.0. The van der Waals surface area contributed by atoms with E-state index in [1.54, 1.807) is 24.3 Å². The second-order valence-electron chi connectivity index (χ2n) is 14.1. The number of aliphatic hydroxyl groups is 4. The largest absolute Gasteiger partial charge is 2.00 e. The summed E-state index contributed by atoms with van der Waals surface area (Å²) in [5, 5.41) is 64.3. The van der Waals surface area contributed by atoms with Gasteiger partial charge in [0.1, 0.15) is 0 Å². The predicted octanol–water partition coefficient (Wildman–Crippen LogP) is 7.91. The third-order valence-electron chi connectivity index (χ3n) is 8.09. The average molecular weight is 937 g/mol. The number of nitrogens with one attached hydrogen (secondary N) is 1. The van der Waals surface area contributed by atoms with Gasteiger partial charge in [0.2, 0.25) is 0 Å². The van der Waals surface area contributed by atoms with E-state index >= 15 is 0 Å². The number of allylic oxidation sites excluding steroid dienone is 16. The minimum Gasteiger partial charge on any atom is -0.666 e. The summed E-state index contributed by atoms with van der Waals surface area (Å²) in [7, 11) is 0. The first-order chi connectivity index (χ1) is 29.6. The van der Waals surface area contributed by atoms with Crippen LogP contribution in [0.25, 0.3) is 5.73 Å². The van der Waals surface area contributed by atoms with Crippen LogP contribution in [-0.2, 0) is 33.9 Å². The maximum Gasteiger partial charge on any atom is 2.00 e. The van der Waals surface area contributed by atoms with Gasteiger partial charge in [0.25, 0.3) is 11.9 Å². The van der Waals surface area contributed by atoms with Gasteiger partial charge in [0.15, 0.2) is 0 Å². The van der Waals surface area contributed by atoms with E-state index in [0.29, 0.717) is 19.3 Å². The Labute approximate surface area is 392 Å². The first-order valence-corrected chi connectivity index (χ1v) is 21.9. The molecule has 0 rings (SSSR count). The topological polar surface area (TPSA) is 247 Å². The zero-order chi connectivity index (χ0) is 47.7. The molecule has 10 N–H and O–H groups in total. The third-order valence-corrected chi connectivity index (χ3v) is 8.09. The second kappa shape index (κ2) is 54.3. The number of carbonyl (C=O) groups excluding carboxylic acids is 1. The number of hydrogen-bond acceptors (Lipinski definition) is 8. The number of carbonyl (C=O) groups is 3. The average Bonchev–Trinajstić information content (AvgIpc) is 3.23. The fourth-order valence-corrected chi connectivity index (χ4v) is 4.12. The van der Waals surface area contributed by atoms with Crippen LogP contribution < -0.4 is 10.8 Å². The number of aliphatic carboxylic acids is 3. The molecule has 0 aromatic rings. The molecule has 0 saturated carbocycles. The Morgan fingerprint density at radius 1 is 0.571 bits per heavy atom. The Hall–Kier alpha value is -3.81. The standard InChI is InChI=1S/C20H30O4.C20H32O2.C7H14NO2.C3H6NO2.Zn/c1-2-18(21)14-11-9-7-5-3-4-6-8-10-12-15-19(22)16-13-17-20(23)24;1-3-5-16-20(22)18-15-13-11-9-7-6-8-10-12-14-17-19(21)4-2;1-6(7(9)10)4-2-3-5-8;1-2(4)3(5)6;/h3-4,7-12,14-15,18-19,21-22H,2,5-6,13,16-17H2,1H3,(H,23,24);6-7,10-15,17-22H,3-5,8-9,16H2,1-2H3;6H,1-5,8H2,(H,9,10);2,4H,1H3,(H,5,6);/q;;2*-1;+2/b4-3-,9-7-,10-8-,14-11+,15-12+;7-6-,12-10-,13-11-,17-14+,18-15+;;;/t18-,19-;19-,20+;6-;2-;/m1100./s1. The van der Waals surface area contributed by atoms with Gasteiger partial charge in [-0.25, -0.2) is 0 Å². The number of hydrogen-bond donors (Lipinski definition) is 7. The summed E-state index contributed by atoms with van der Waals surface area (Å²) < 4.78 is 0. The van der Waals surface area contributed by atoms with Crippen LogP contribution >= 0.6 is 0 Å². The molecule has 12 nitrogen and oxygen atoms in total. The molecule has 0 unspecified atom stereocenters. The van der Waals surface area contributed by atoms with E-state index in [0.717, 1.165) is 77.2 Å². The predicted molar refractivity (Wildman–Crippen MR) is 252 cm³/mol. The van der Waals surface area contributed by atoms with E-state index < -0.39 is 36.0 Å². The molecule has 0 aliphatic carbocycles. The van der Waals surface area contributed by atoms with Gasteiger partial charge in [-0.1, -0.05) is 174 Å². The molecule has 0 heterocycles. The van der Waals surface area contributed by atoms with Gasteiger partial charge >= 0.3 is 19.5 Å². The molecule has 0 saturated heterocycles. The van der Waals surface area contributed by atoms with Crippen molar-refractivity contribution in [1.82, 2.24) is 0 Å². The van der Waals surface area contributed by atoms with Crippen molar-refractivity contribution in [3.05, 3.63) is 134 Å². The van der Waals surface area contributed by atoms with Crippen molar-refractivity contribution < 1.29 is 75.3 Å². The molecular formula is C50H82N2O10Zn. The van der Waals surface area contributed by atoms with Crippen molar-refractivity contribution in [2.24, 2.45) is 5.92 Å². The van der Waals surface area contributed by atoms with Gasteiger partial charge in [0, 0.05) is 5.97 Å². The smallest absolute Gasteiger partial charge is 0.666 e. The summed E-state index contributed by atoms with van der Waals surface area (Å²) in [6.45, 7) is 11.7. The van der Waals surface area contributed by atoms with Gasteiger partial charge in [-0.15, -0.1) is 0 Å². The van der Waals surface area contributed by atoms with E-state index in [2.05, 4.69) is 56.0 Å². The van der Waals surface area contributed by atoms with E-state index in [-0.39, 0.29) is 44.2 Å². The third kappa shape index (κ3) is 64.9. The van der Waals surface area contributed by atoms with Crippen molar-refractivity contribution in [3.8, 4) is 0 Å². The van der Waals surface area contributed by atoms with Crippen LogP contribution in [0, 0.1) is 12.8 Å². The van der Waals surface area contributed by atoms with Crippen LogP contribution in [0.5, 0.6) is 0 Å². The van der Waals surface area contributed by atoms with E-state index in [1.807, 2.05) is 74.6 Å². The second-order valence-corrected chi connectivity index (χ2v) is 14.1. The molecule has 63 heavy (non-hydrogen) atoms. The molecule has 354 valence electrons. The van der Waals surface area contributed by atoms with Crippen molar-refractivity contribution >= 4 is 17.9 Å². The van der Waals surface area contributed by atoms with Crippen molar-refractivity contribution in [3.63, 3.8) is 0 Å². The Bertz CT molecular complexity index is 1370. The van der Waals surface area contributed by atoms with Gasteiger partial charge in [-0.3, -0.25) is 9.59 Å². The number of carboxylic acids is 3. The van der Waals surface area contributed by atoms with Crippen LogP contribution in [-0.4, -0.2) is 85.5 Å². The molecule has 0 aromatic carbocycles. The molecule has 0 bridgehead atoms. The number of quaternary nitrogens is 1. The molecule has 6 atom stereocenters. The molecule has 0 aliphatic rings. The Morgan fingerprint density at radius 2 is 0.921 bits per heavy atom. The van der Waals surface area contributed by atoms with Crippen molar-refractivity contribution in [2.45, 2.75) is 154 Å². The molecule has 0 amide bonds. The summed E-state index contributed by atoms with van der Waals surface area (Å²) in [6, 6.07) is -0.981. The first kappa shape index (κ1) is 68.3. The maximum atomic E-state index is 10.2.